The number of carbonyl (C=O) groups excluding carboxylic acids is 3. The van der Waals surface area contributed by atoms with E-state index < -0.39 is 17.5 Å². The number of amides is 4. The van der Waals surface area contributed by atoms with Gasteiger partial charge in [-0.3, -0.25) is 20.0 Å². The Labute approximate surface area is 201 Å². The Kier molecular flexibility index (Phi) is 5.61. The molecule has 2 saturated heterocycles. The van der Waals surface area contributed by atoms with Crippen LogP contribution >= 0.6 is 11.6 Å². The van der Waals surface area contributed by atoms with Crippen molar-refractivity contribution >= 4 is 29.4 Å². The molecule has 2 aromatic carbocycles. The number of rotatable bonds is 4. The van der Waals surface area contributed by atoms with Gasteiger partial charge in [0, 0.05) is 40.9 Å². The van der Waals surface area contributed by atoms with E-state index in [1.807, 2.05) is 29.2 Å². The fourth-order valence-electron chi connectivity index (χ4n) is 4.58. The van der Waals surface area contributed by atoms with Gasteiger partial charge in [0.25, 0.3) is 11.8 Å². The fourth-order valence-corrected chi connectivity index (χ4v) is 4.71. The van der Waals surface area contributed by atoms with Gasteiger partial charge in [-0.1, -0.05) is 35.9 Å². The standard InChI is InChI=1S/C25H24ClN5O3/c1-25(23(33)27-24(34)28-25)18-6-2-17(3-7-18)22(32)31-12-10-16(11-13-31)21-14-20(29-30-21)15-4-8-19(26)9-5-15/h2-9,14,16H,10-13H2,1H3,(H,29,30)(H2,27,28,33,34). The molecular weight excluding hydrogens is 454 g/mol. The Hall–Kier alpha value is -3.65. The zero-order valence-corrected chi connectivity index (χ0v) is 19.4. The number of urea groups is 1. The van der Waals surface area contributed by atoms with Gasteiger partial charge in [-0.15, -0.1) is 0 Å². The van der Waals surface area contributed by atoms with Gasteiger partial charge >= 0.3 is 6.03 Å². The number of benzene rings is 2. The Bertz CT molecular complexity index is 1250. The first-order valence-electron chi connectivity index (χ1n) is 11.2. The van der Waals surface area contributed by atoms with Crippen molar-refractivity contribution in [3.05, 3.63) is 76.4 Å². The molecule has 174 valence electrons. The maximum absolute atomic E-state index is 13.0. The van der Waals surface area contributed by atoms with Gasteiger partial charge in [0.15, 0.2) is 0 Å². The van der Waals surface area contributed by atoms with E-state index >= 15 is 0 Å². The van der Waals surface area contributed by atoms with Crippen molar-refractivity contribution in [3.8, 4) is 11.3 Å². The summed E-state index contributed by atoms with van der Waals surface area (Å²) in [5.41, 5.74) is 3.01. The normalized spacial score (nSPS) is 20.8. The van der Waals surface area contributed by atoms with Crippen LogP contribution < -0.4 is 10.6 Å². The lowest BCUT2D eigenvalue weighted by molar-refractivity contribution is -0.123. The molecule has 3 aromatic rings. The summed E-state index contributed by atoms with van der Waals surface area (Å²) < 4.78 is 0. The minimum atomic E-state index is -1.13. The molecule has 0 aliphatic carbocycles. The summed E-state index contributed by atoms with van der Waals surface area (Å²) in [5, 5.41) is 13.2. The average Bonchev–Trinajstić information content (AvgIpc) is 3.44. The number of imide groups is 1. The highest BCUT2D eigenvalue weighted by Crippen LogP contribution is 2.31. The molecule has 1 unspecified atom stereocenters. The highest BCUT2D eigenvalue weighted by molar-refractivity contribution is 6.30. The van der Waals surface area contributed by atoms with Crippen LogP contribution in [0.3, 0.4) is 0 Å². The molecule has 0 spiro atoms. The predicted octanol–water partition coefficient (Wildman–Crippen LogP) is 3.80. The third-order valence-electron chi connectivity index (χ3n) is 6.71. The number of nitrogens with one attached hydrogen (secondary N) is 3. The second-order valence-electron chi connectivity index (χ2n) is 8.89. The third-order valence-corrected chi connectivity index (χ3v) is 6.97. The van der Waals surface area contributed by atoms with Crippen molar-refractivity contribution < 1.29 is 14.4 Å². The predicted molar refractivity (Wildman–Crippen MR) is 127 cm³/mol. The smallest absolute Gasteiger partial charge is 0.322 e. The molecule has 3 N–H and O–H groups in total. The number of hydrogen-bond acceptors (Lipinski definition) is 4. The molecule has 1 atom stereocenters. The maximum atomic E-state index is 13.0. The van der Waals surface area contributed by atoms with E-state index in [0.29, 0.717) is 35.2 Å². The molecule has 1 aromatic heterocycles. The van der Waals surface area contributed by atoms with Crippen molar-refractivity contribution in [3.63, 3.8) is 0 Å². The van der Waals surface area contributed by atoms with Gasteiger partial charge in [-0.2, -0.15) is 5.10 Å². The number of carbonyl (C=O) groups is 3. The minimum Gasteiger partial charge on any atom is -0.339 e. The quantitative estimate of drug-likeness (QED) is 0.497. The Morgan fingerprint density at radius 3 is 2.35 bits per heavy atom. The number of aromatic amines is 1. The van der Waals surface area contributed by atoms with Crippen molar-refractivity contribution in [2.24, 2.45) is 0 Å². The fraction of sp³-hybridized carbons (Fsp3) is 0.280. The molecule has 5 rings (SSSR count). The molecule has 34 heavy (non-hydrogen) atoms. The molecule has 0 saturated carbocycles. The average molecular weight is 478 g/mol. The van der Waals surface area contributed by atoms with Crippen LogP contribution in [0.5, 0.6) is 0 Å². The van der Waals surface area contributed by atoms with Gasteiger partial charge in [-0.05, 0) is 55.7 Å². The summed E-state index contributed by atoms with van der Waals surface area (Å²) >= 11 is 5.97. The van der Waals surface area contributed by atoms with Gasteiger partial charge < -0.3 is 10.2 Å². The number of hydrogen-bond donors (Lipinski definition) is 3. The summed E-state index contributed by atoms with van der Waals surface area (Å²) in [4.78, 5) is 38.5. The van der Waals surface area contributed by atoms with Crippen molar-refractivity contribution in [2.75, 3.05) is 13.1 Å². The van der Waals surface area contributed by atoms with Gasteiger partial charge in [-0.25, -0.2) is 4.79 Å². The zero-order valence-electron chi connectivity index (χ0n) is 18.6. The van der Waals surface area contributed by atoms with Crippen LogP contribution in [0.25, 0.3) is 11.3 Å². The van der Waals surface area contributed by atoms with Crippen LogP contribution in [0.1, 0.15) is 47.3 Å². The topological polar surface area (TPSA) is 107 Å². The third kappa shape index (κ3) is 4.05. The monoisotopic (exact) mass is 477 g/mol. The lowest BCUT2D eigenvalue weighted by atomic mass is 9.91. The Morgan fingerprint density at radius 2 is 1.74 bits per heavy atom. The van der Waals surface area contributed by atoms with Crippen LogP contribution in [0.2, 0.25) is 5.02 Å². The first kappa shape index (κ1) is 22.2. The first-order valence-corrected chi connectivity index (χ1v) is 11.6. The van der Waals surface area contributed by atoms with E-state index in [1.165, 1.54) is 0 Å². The summed E-state index contributed by atoms with van der Waals surface area (Å²) in [6.07, 6.45) is 1.69. The van der Waals surface area contributed by atoms with Gasteiger partial charge in [0.2, 0.25) is 0 Å². The summed E-state index contributed by atoms with van der Waals surface area (Å²) in [6, 6.07) is 16.0. The molecule has 3 heterocycles. The Balaban J connectivity index is 1.21. The number of aromatic nitrogens is 2. The first-order chi connectivity index (χ1) is 16.3. The highest BCUT2D eigenvalue weighted by atomic mass is 35.5. The van der Waals surface area contributed by atoms with Gasteiger partial charge in [0.1, 0.15) is 5.54 Å². The number of nitrogens with zero attached hydrogens (tertiary/aromatic N) is 2. The van der Waals surface area contributed by atoms with E-state index in [0.717, 1.165) is 29.8 Å². The van der Waals surface area contributed by atoms with Crippen molar-refractivity contribution in [1.82, 2.24) is 25.7 Å². The van der Waals surface area contributed by atoms with E-state index in [2.05, 4.69) is 26.9 Å². The second kappa shape index (κ2) is 8.61. The second-order valence-corrected chi connectivity index (χ2v) is 9.33. The molecule has 9 heteroatoms. The van der Waals surface area contributed by atoms with E-state index in [9.17, 15) is 14.4 Å². The van der Waals surface area contributed by atoms with E-state index in [-0.39, 0.29) is 5.91 Å². The number of halogens is 1. The largest absolute Gasteiger partial charge is 0.339 e. The molecule has 2 aliphatic heterocycles. The molecule has 2 fully saturated rings. The number of likely N-dealkylation sites (tertiary alicyclic amines) is 1. The van der Waals surface area contributed by atoms with Crippen LogP contribution in [0.15, 0.2) is 54.6 Å². The van der Waals surface area contributed by atoms with Crippen LogP contribution in [0, 0.1) is 0 Å². The molecule has 8 nitrogen and oxygen atoms in total. The lowest BCUT2D eigenvalue weighted by Gasteiger charge is -2.31. The highest BCUT2D eigenvalue weighted by Gasteiger charge is 2.43. The molecular formula is C25H24ClN5O3. The van der Waals surface area contributed by atoms with Crippen molar-refractivity contribution in [1.29, 1.82) is 0 Å². The van der Waals surface area contributed by atoms with Crippen molar-refractivity contribution in [2.45, 2.75) is 31.2 Å². The maximum Gasteiger partial charge on any atom is 0.322 e. The number of H-pyrrole nitrogens is 1. The summed E-state index contributed by atoms with van der Waals surface area (Å²) in [5.74, 6) is -0.136. The molecule has 2 aliphatic rings. The summed E-state index contributed by atoms with van der Waals surface area (Å²) in [6.45, 7) is 2.94. The number of piperidine rings is 1. The van der Waals surface area contributed by atoms with Crippen LogP contribution in [-0.2, 0) is 10.3 Å². The van der Waals surface area contributed by atoms with Crippen LogP contribution in [-0.4, -0.2) is 46.0 Å². The zero-order chi connectivity index (χ0) is 23.9. The molecule has 4 amide bonds. The molecule has 0 bridgehead atoms. The minimum absolute atomic E-state index is 0.0403. The Morgan fingerprint density at radius 1 is 1.06 bits per heavy atom. The van der Waals surface area contributed by atoms with Crippen LogP contribution in [0.4, 0.5) is 4.79 Å². The van der Waals surface area contributed by atoms with E-state index in [1.54, 1.807) is 31.2 Å². The van der Waals surface area contributed by atoms with Gasteiger partial charge in [0.05, 0.1) is 5.69 Å². The lowest BCUT2D eigenvalue weighted by Crippen LogP contribution is -2.40. The summed E-state index contributed by atoms with van der Waals surface area (Å²) in [7, 11) is 0. The van der Waals surface area contributed by atoms with E-state index in [4.69, 9.17) is 11.6 Å². The SMILES string of the molecule is CC1(c2ccc(C(=O)N3CCC(c4cc(-c5ccc(Cl)cc5)n[nH]4)CC3)cc2)NC(=O)NC1=O. The molecule has 0 radical (unpaired) electrons.